The topological polar surface area (TPSA) is 33.0 Å². The van der Waals surface area contributed by atoms with Crippen LogP contribution in [0.25, 0.3) is 0 Å². The van der Waals surface area contributed by atoms with E-state index in [0.717, 1.165) is 12.8 Å². The molecule has 1 N–H and O–H groups in total. The number of hydrogen-bond donors (Lipinski definition) is 1. The van der Waals surface area contributed by atoms with Crippen molar-refractivity contribution in [2.24, 2.45) is 0 Å². The third kappa shape index (κ3) is 8.07. The summed E-state index contributed by atoms with van der Waals surface area (Å²) >= 11 is 0. The van der Waals surface area contributed by atoms with Gasteiger partial charge in [0.25, 0.3) is 5.91 Å². The molecular weight excluding hydrogens is 248 g/mol. The van der Waals surface area contributed by atoms with Crippen molar-refractivity contribution in [1.82, 2.24) is 0 Å². The second-order valence-corrected chi connectivity index (χ2v) is 4.34. The van der Waals surface area contributed by atoms with E-state index in [0.29, 0.717) is 6.42 Å². The van der Waals surface area contributed by atoms with Gasteiger partial charge in [-0.15, -0.1) is 5.43 Å². The van der Waals surface area contributed by atoms with Crippen molar-refractivity contribution in [2.45, 2.75) is 51.9 Å². The Balaban J connectivity index is 0.00000289. The van der Waals surface area contributed by atoms with Gasteiger partial charge < -0.3 is 12.4 Å². The largest absolute Gasteiger partial charge is 1.00 e. The lowest BCUT2D eigenvalue weighted by Crippen LogP contribution is -3.00. The Bertz CT molecular complexity index is 317. The molecule has 0 aromatic carbocycles. The maximum absolute atomic E-state index is 11.6. The van der Waals surface area contributed by atoms with E-state index < -0.39 is 0 Å². The average Bonchev–Trinajstić information content (AvgIpc) is 2.35. The first-order valence-electron chi connectivity index (χ1n) is 6.59. The van der Waals surface area contributed by atoms with E-state index in [-0.39, 0.29) is 18.3 Å². The van der Waals surface area contributed by atoms with Crippen LogP contribution >= 0.6 is 0 Å². The molecule has 1 rings (SSSR count). The summed E-state index contributed by atoms with van der Waals surface area (Å²) in [5, 5.41) is 0. The lowest BCUT2D eigenvalue weighted by atomic mass is 10.1. The fraction of sp³-hybridized carbons (Fsp3) is 0.571. The van der Waals surface area contributed by atoms with Crippen molar-refractivity contribution in [2.75, 3.05) is 5.43 Å². The number of carbonyl (C=O) groups excluding carboxylic acids is 1. The Morgan fingerprint density at radius 3 is 2.28 bits per heavy atom. The number of nitrogens with one attached hydrogen (secondary N) is 1. The SMILES string of the molecule is CCCCCCCCC(=O)N[n+]1ccccc1.[Cl-]. The van der Waals surface area contributed by atoms with Gasteiger partial charge in [0.15, 0.2) is 12.4 Å². The normalized spacial score (nSPS) is 9.61. The third-order valence-corrected chi connectivity index (χ3v) is 2.73. The molecule has 0 fully saturated rings. The van der Waals surface area contributed by atoms with Crippen LogP contribution in [-0.2, 0) is 4.79 Å². The van der Waals surface area contributed by atoms with Crippen LogP contribution in [0.3, 0.4) is 0 Å². The summed E-state index contributed by atoms with van der Waals surface area (Å²) in [5.41, 5.74) is 2.82. The zero-order valence-electron chi connectivity index (χ0n) is 11.1. The zero-order valence-corrected chi connectivity index (χ0v) is 11.8. The van der Waals surface area contributed by atoms with Crippen LogP contribution in [0.5, 0.6) is 0 Å². The number of halogens is 1. The maximum atomic E-state index is 11.6. The molecule has 0 unspecified atom stereocenters. The van der Waals surface area contributed by atoms with Crippen molar-refractivity contribution in [3.05, 3.63) is 30.6 Å². The number of rotatable bonds is 8. The summed E-state index contributed by atoms with van der Waals surface area (Å²) in [7, 11) is 0. The van der Waals surface area contributed by atoms with Crippen LogP contribution in [0, 0.1) is 0 Å². The van der Waals surface area contributed by atoms with E-state index in [2.05, 4.69) is 12.3 Å². The number of hydrogen-bond acceptors (Lipinski definition) is 1. The van der Waals surface area contributed by atoms with Gasteiger partial charge in [0, 0.05) is 18.6 Å². The molecule has 1 heterocycles. The molecule has 0 spiro atoms. The molecule has 1 amide bonds. The molecule has 0 radical (unpaired) electrons. The maximum Gasteiger partial charge on any atom is 0.274 e. The Labute approximate surface area is 116 Å². The molecule has 0 saturated carbocycles. The first kappa shape index (κ1) is 16.9. The molecule has 3 nitrogen and oxygen atoms in total. The zero-order chi connectivity index (χ0) is 12.3. The molecule has 0 atom stereocenters. The predicted molar refractivity (Wildman–Crippen MR) is 69.0 cm³/mol. The minimum atomic E-state index is 0. The summed E-state index contributed by atoms with van der Waals surface area (Å²) in [4.78, 5) is 11.6. The summed E-state index contributed by atoms with van der Waals surface area (Å²) < 4.78 is 1.69. The molecule has 0 aliphatic rings. The Kier molecular flexibility index (Phi) is 10.4. The fourth-order valence-corrected chi connectivity index (χ4v) is 1.74. The van der Waals surface area contributed by atoms with Gasteiger partial charge in [-0.25, -0.2) is 0 Å². The second-order valence-electron chi connectivity index (χ2n) is 4.34. The van der Waals surface area contributed by atoms with Crippen LogP contribution < -0.4 is 22.5 Å². The van der Waals surface area contributed by atoms with Gasteiger partial charge in [-0.2, -0.15) is 0 Å². The lowest BCUT2D eigenvalue weighted by molar-refractivity contribution is -0.642. The Morgan fingerprint density at radius 2 is 1.61 bits per heavy atom. The van der Waals surface area contributed by atoms with E-state index in [4.69, 9.17) is 0 Å². The summed E-state index contributed by atoms with van der Waals surface area (Å²) in [6.45, 7) is 2.21. The number of unbranched alkanes of at least 4 members (excludes halogenated alkanes) is 5. The van der Waals surface area contributed by atoms with Crippen LogP contribution in [0.2, 0.25) is 0 Å². The standard InChI is InChI=1S/C14H22N2O.ClH/c1-2-3-4-5-6-8-11-14(17)15-16-12-9-7-10-13-16;/h7,9-10,12-13H,2-6,8,11H2,1H3;1H. The van der Waals surface area contributed by atoms with Gasteiger partial charge in [0.2, 0.25) is 0 Å². The number of amides is 1. The highest BCUT2D eigenvalue weighted by Gasteiger charge is 2.05. The molecule has 0 aliphatic carbocycles. The van der Waals surface area contributed by atoms with Crippen molar-refractivity contribution in [3.63, 3.8) is 0 Å². The molecule has 1 aromatic rings. The number of nitrogens with zero attached hydrogens (tertiary/aromatic N) is 1. The summed E-state index contributed by atoms with van der Waals surface area (Å²) in [6.07, 6.45) is 11.6. The van der Waals surface area contributed by atoms with E-state index in [1.54, 1.807) is 4.68 Å². The van der Waals surface area contributed by atoms with Crippen LogP contribution in [0.15, 0.2) is 30.6 Å². The van der Waals surface area contributed by atoms with E-state index >= 15 is 0 Å². The van der Waals surface area contributed by atoms with Gasteiger partial charge in [-0.1, -0.05) is 49.8 Å². The quantitative estimate of drug-likeness (QED) is 0.515. The second kappa shape index (κ2) is 11.0. The first-order valence-corrected chi connectivity index (χ1v) is 6.59. The highest BCUT2D eigenvalue weighted by Crippen LogP contribution is 2.06. The van der Waals surface area contributed by atoms with Crippen molar-refractivity contribution >= 4 is 5.91 Å². The molecule has 102 valence electrons. The van der Waals surface area contributed by atoms with Crippen molar-refractivity contribution in [3.8, 4) is 0 Å². The van der Waals surface area contributed by atoms with Crippen LogP contribution in [0.4, 0.5) is 0 Å². The number of aromatic nitrogens is 1. The molecule has 1 aromatic heterocycles. The number of carbonyl (C=O) groups is 1. The summed E-state index contributed by atoms with van der Waals surface area (Å²) in [6, 6.07) is 5.71. The van der Waals surface area contributed by atoms with Crippen molar-refractivity contribution in [1.29, 1.82) is 0 Å². The molecule has 0 bridgehead atoms. The van der Waals surface area contributed by atoms with E-state index in [9.17, 15) is 4.79 Å². The van der Waals surface area contributed by atoms with Crippen LogP contribution in [0.1, 0.15) is 51.9 Å². The van der Waals surface area contributed by atoms with E-state index in [1.165, 1.54) is 25.7 Å². The molecule has 0 aliphatic heterocycles. The Hall–Kier alpha value is -1.09. The predicted octanol–water partition coefficient (Wildman–Crippen LogP) is -0.201. The molecular formula is C14H23ClN2O. The highest BCUT2D eigenvalue weighted by atomic mass is 35.5. The van der Waals surface area contributed by atoms with Gasteiger partial charge in [-0.05, 0) is 6.42 Å². The summed E-state index contributed by atoms with van der Waals surface area (Å²) in [5.74, 6) is 0.0942. The average molecular weight is 271 g/mol. The van der Waals surface area contributed by atoms with Gasteiger partial charge in [-0.3, -0.25) is 4.79 Å². The van der Waals surface area contributed by atoms with Gasteiger partial charge >= 0.3 is 0 Å². The monoisotopic (exact) mass is 270 g/mol. The Morgan fingerprint density at radius 1 is 1.00 bits per heavy atom. The van der Waals surface area contributed by atoms with Crippen LogP contribution in [-0.4, -0.2) is 5.91 Å². The van der Waals surface area contributed by atoms with E-state index in [1.807, 2.05) is 30.6 Å². The molecule has 4 heteroatoms. The minimum Gasteiger partial charge on any atom is -1.00 e. The first-order chi connectivity index (χ1) is 8.33. The smallest absolute Gasteiger partial charge is 0.274 e. The minimum absolute atomic E-state index is 0. The van der Waals surface area contributed by atoms with Crippen molar-refractivity contribution < 1.29 is 21.9 Å². The molecule has 18 heavy (non-hydrogen) atoms. The van der Waals surface area contributed by atoms with Gasteiger partial charge in [0.1, 0.15) is 0 Å². The lowest BCUT2D eigenvalue weighted by Gasteiger charge is -2.00. The fourth-order valence-electron chi connectivity index (χ4n) is 1.74. The third-order valence-electron chi connectivity index (χ3n) is 2.73. The highest BCUT2D eigenvalue weighted by molar-refractivity contribution is 5.81. The number of pyridine rings is 1. The molecule has 0 saturated heterocycles. The van der Waals surface area contributed by atoms with Gasteiger partial charge in [0.05, 0.1) is 0 Å².